The molecule has 0 N–H and O–H groups in total. The van der Waals surface area contributed by atoms with Gasteiger partial charge in [-0.2, -0.15) is 0 Å². The summed E-state index contributed by atoms with van der Waals surface area (Å²) in [7, 11) is 1.56. The molecule has 1 nitrogen and oxygen atoms in total. The van der Waals surface area contributed by atoms with E-state index in [0.717, 1.165) is 0 Å². The van der Waals surface area contributed by atoms with Crippen molar-refractivity contribution < 1.29 is 4.43 Å². The Balaban J connectivity index is 3.37. The molecular weight excluding hydrogens is 116 g/mol. The summed E-state index contributed by atoms with van der Waals surface area (Å²) in [4.78, 5) is 0. The van der Waals surface area contributed by atoms with Crippen molar-refractivity contribution in [1.29, 1.82) is 0 Å². The molecule has 0 saturated heterocycles. The molecule has 0 unspecified atom stereocenters. The first-order valence-electron chi connectivity index (χ1n) is 3.11. The topological polar surface area (TPSA) is 9.23 Å². The second-order valence-electron chi connectivity index (χ2n) is 2.95. The summed E-state index contributed by atoms with van der Waals surface area (Å²) in [5, 5.41) is 0.509. The van der Waals surface area contributed by atoms with E-state index < -0.39 is 0 Å². The van der Waals surface area contributed by atoms with Crippen LogP contribution in [0.2, 0.25) is 5.04 Å². The maximum atomic E-state index is 5.14. The number of rotatable bonds is 3. The average molecular weight is 132 g/mol. The largest absolute Gasteiger partial charge is 0.427 e. The minimum absolute atomic E-state index is 0.250. The van der Waals surface area contributed by atoms with Crippen molar-refractivity contribution in [2.75, 3.05) is 7.11 Å². The third-order valence-electron chi connectivity index (χ3n) is 1.49. The zero-order chi connectivity index (χ0) is 6.62. The van der Waals surface area contributed by atoms with Gasteiger partial charge in [-0.1, -0.05) is 27.2 Å². The molecule has 0 heterocycles. The zero-order valence-corrected chi connectivity index (χ0v) is 7.74. The third kappa shape index (κ3) is 3.21. The van der Waals surface area contributed by atoms with E-state index in [9.17, 15) is 0 Å². The molecule has 0 atom stereocenters. The van der Waals surface area contributed by atoms with Crippen molar-refractivity contribution in [2.24, 2.45) is 0 Å². The highest BCUT2D eigenvalue weighted by molar-refractivity contribution is 6.31. The highest BCUT2D eigenvalue weighted by Crippen LogP contribution is 2.25. The average Bonchev–Trinajstić information content (AvgIpc) is 1.67. The van der Waals surface area contributed by atoms with E-state index in [-0.39, 0.29) is 9.76 Å². The molecule has 8 heavy (non-hydrogen) atoms. The van der Waals surface area contributed by atoms with Crippen molar-refractivity contribution in [2.45, 2.75) is 32.2 Å². The second-order valence-corrected chi connectivity index (χ2v) is 5.73. The summed E-state index contributed by atoms with van der Waals surface area (Å²) < 4.78 is 5.14. The van der Waals surface area contributed by atoms with Gasteiger partial charge in [0, 0.05) is 7.11 Å². The molecule has 2 heteroatoms. The number of hydrogen-bond acceptors (Lipinski definition) is 1. The van der Waals surface area contributed by atoms with Crippen LogP contribution in [0.25, 0.3) is 0 Å². The first kappa shape index (κ1) is 8.18. The Bertz CT molecular complexity index is 61.5. The maximum Gasteiger partial charge on any atom is 0.166 e. The Morgan fingerprint density at radius 1 is 1.50 bits per heavy atom. The van der Waals surface area contributed by atoms with Gasteiger partial charge in [0.1, 0.15) is 0 Å². The Kier molecular flexibility index (Phi) is 3.32. The van der Waals surface area contributed by atoms with Crippen molar-refractivity contribution >= 4 is 9.76 Å². The van der Waals surface area contributed by atoms with Crippen LogP contribution in [-0.4, -0.2) is 16.9 Å². The van der Waals surface area contributed by atoms with Gasteiger partial charge in [-0.05, 0) is 5.04 Å². The van der Waals surface area contributed by atoms with Gasteiger partial charge in [0.25, 0.3) is 0 Å². The third-order valence-corrected chi connectivity index (χ3v) is 3.06. The van der Waals surface area contributed by atoms with Crippen molar-refractivity contribution in [3.05, 3.63) is 0 Å². The van der Waals surface area contributed by atoms with Crippen LogP contribution in [-0.2, 0) is 4.43 Å². The predicted molar refractivity (Wildman–Crippen MR) is 39.9 cm³/mol. The molecule has 0 fully saturated rings. The van der Waals surface area contributed by atoms with E-state index in [1.54, 1.807) is 0 Å². The molecule has 0 radical (unpaired) electrons. The van der Waals surface area contributed by atoms with Gasteiger partial charge in [-0.15, -0.1) is 0 Å². The predicted octanol–water partition coefficient (Wildman–Crippen LogP) is 1.33. The van der Waals surface area contributed by atoms with Gasteiger partial charge in [0.2, 0.25) is 0 Å². The van der Waals surface area contributed by atoms with Crippen LogP contribution in [0.1, 0.15) is 27.2 Å². The molecule has 50 valence electrons. The summed E-state index contributed by atoms with van der Waals surface area (Å²) in [5.74, 6) is 0. The van der Waals surface area contributed by atoms with E-state index in [4.69, 9.17) is 4.43 Å². The molecule has 0 aromatic carbocycles. The van der Waals surface area contributed by atoms with Crippen LogP contribution in [0.3, 0.4) is 0 Å². The SMILES string of the molecule is CCC(C)(C)[SiH2]OC. The quantitative estimate of drug-likeness (QED) is 0.526. The van der Waals surface area contributed by atoms with Crippen molar-refractivity contribution in [3.63, 3.8) is 0 Å². The van der Waals surface area contributed by atoms with Gasteiger partial charge in [-0.3, -0.25) is 0 Å². The second kappa shape index (κ2) is 3.25. The Morgan fingerprint density at radius 2 is 2.00 bits per heavy atom. The van der Waals surface area contributed by atoms with Gasteiger partial charge in [-0.25, -0.2) is 0 Å². The molecule has 0 rings (SSSR count). The van der Waals surface area contributed by atoms with E-state index in [0.29, 0.717) is 5.04 Å². The first-order chi connectivity index (χ1) is 3.62. The molecular formula is C6H16OSi. The van der Waals surface area contributed by atoms with Gasteiger partial charge < -0.3 is 4.43 Å². The van der Waals surface area contributed by atoms with Gasteiger partial charge in [0.05, 0.1) is 0 Å². The molecule has 0 amide bonds. The molecule has 0 aromatic rings. The van der Waals surface area contributed by atoms with Crippen LogP contribution in [0.15, 0.2) is 0 Å². The van der Waals surface area contributed by atoms with E-state index in [1.807, 2.05) is 7.11 Å². The monoisotopic (exact) mass is 132 g/mol. The lowest BCUT2D eigenvalue weighted by molar-refractivity contribution is 0.406. The van der Waals surface area contributed by atoms with E-state index in [1.165, 1.54) is 6.42 Å². The minimum atomic E-state index is -0.250. The Morgan fingerprint density at radius 3 is 2.12 bits per heavy atom. The Labute approximate surface area is 54.4 Å². The molecule has 0 saturated carbocycles. The lowest BCUT2D eigenvalue weighted by atomic mass is 10.1. The van der Waals surface area contributed by atoms with Crippen LogP contribution < -0.4 is 0 Å². The molecule has 0 aliphatic heterocycles. The molecule has 0 aliphatic carbocycles. The smallest absolute Gasteiger partial charge is 0.166 e. The van der Waals surface area contributed by atoms with Crippen LogP contribution in [0.5, 0.6) is 0 Å². The molecule has 0 aromatic heterocycles. The lowest BCUT2D eigenvalue weighted by Gasteiger charge is -2.19. The Hall–Kier alpha value is 0.177. The lowest BCUT2D eigenvalue weighted by Crippen LogP contribution is -2.12. The van der Waals surface area contributed by atoms with Crippen molar-refractivity contribution in [3.8, 4) is 0 Å². The molecule has 0 spiro atoms. The molecule has 0 bridgehead atoms. The van der Waals surface area contributed by atoms with Crippen molar-refractivity contribution in [1.82, 2.24) is 0 Å². The standard InChI is InChI=1S/C6H16OSi/c1-5-6(2,3)8-7-4/h5,8H2,1-4H3. The normalized spacial score (nSPS) is 13.5. The van der Waals surface area contributed by atoms with Gasteiger partial charge in [0.15, 0.2) is 9.76 Å². The van der Waals surface area contributed by atoms with Crippen LogP contribution >= 0.6 is 0 Å². The fourth-order valence-electron chi connectivity index (χ4n) is 0.493. The summed E-state index contributed by atoms with van der Waals surface area (Å²) in [6, 6.07) is 0. The summed E-state index contributed by atoms with van der Waals surface area (Å²) in [6.07, 6.45) is 1.24. The first-order valence-corrected chi connectivity index (χ1v) is 4.40. The van der Waals surface area contributed by atoms with E-state index >= 15 is 0 Å². The summed E-state index contributed by atoms with van der Waals surface area (Å²) in [5.41, 5.74) is 0. The minimum Gasteiger partial charge on any atom is -0.427 e. The fourth-order valence-corrected chi connectivity index (χ4v) is 1.48. The zero-order valence-electron chi connectivity index (χ0n) is 6.32. The summed E-state index contributed by atoms with van der Waals surface area (Å²) in [6.45, 7) is 6.75. The van der Waals surface area contributed by atoms with E-state index in [2.05, 4.69) is 20.8 Å². The highest BCUT2D eigenvalue weighted by Gasteiger charge is 2.14. The highest BCUT2D eigenvalue weighted by atomic mass is 28.2. The molecule has 0 aliphatic rings. The number of hydrogen-bond donors (Lipinski definition) is 0. The summed E-state index contributed by atoms with van der Waals surface area (Å²) >= 11 is 0. The van der Waals surface area contributed by atoms with Gasteiger partial charge >= 0.3 is 0 Å². The van der Waals surface area contributed by atoms with Crippen LogP contribution in [0, 0.1) is 0 Å². The maximum absolute atomic E-state index is 5.14. The van der Waals surface area contributed by atoms with Crippen LogP contribution in [0.4, 0.5) is 0 Å². The fraction of sp³-hybridized carbons (Fsp3) is 1.00.